The lowest BCUT2D eigenvalue weighted by atomic mass is 9.78. The second-order valence-corrected chi connectivity index (χ2v) is 11.8. The molecule has 39 heavy (non-hydrogen) atoms. The first-order valence-corrected chi connectivity index (χ1v) is 14.4. The fraction of sp³-hybridized carbons (Fsp3) is 0.194. The summed E-state index contributed by atoms with van der Waals surface area (Å²) >= 11 is 0. The summed E-state index contributed by atoms with van der Waals surface area (Å²) in [5.41, 5.74) is 3.80. The molecule has 5 rings (SSSR count). The van der Waals surface area contributed by atoms with Gasteiger partial charge in [0, 0.05) is 11.9 Å². The monoisotopic (exact) mass is 547 g/mol. The molecule has 0 aromatic heterocycles. The molecule has 200 valence electrons. The molecule has 1 N–H and O–H groups in total. The zero-order chi connectivity index (χ0) is 27.7. The van der Waals surface area contributed by atoms with Crippen molar-refractivity contribution in [3.05, 3.63) is 120 Å². The van der Waals surface area contributed by atoms with Crippen LogP contribution in [-0.4, -0.2) is 25.7 Å². The summed E-state index contributed by atoms with van der Waals surface area (Å²) in [4.78, 5) is 15.2. The average molecular weight is 548 g/mol. The molecule has 1 amide bonds. The lowest BCUT2D eigenvalue weighted by molar-refractivity contribution is -0.131. The van der Waals surface area contributed by atoms with E-state index < -0.39 is 27.7 Å². The van der Waals surface area contributed by atoms with Crippen LogP contribution in [0.3, 0.4) is 0 Å². The summed E-state index contributed by atoms with van der Waals surface area (Å²) in [6.45, 7) is 0. The van der Waals surface area contributed by atoms with Crippen molar-refractivity contribution in [2.75, 3.05) is 11.2 Å². The van der Waals surface area contributed by atoms with E-state index in [1.165, 1.54) is 42.7 Å². The van der Waals surface area contributed by atoms with Crippen LogP contribution in [-0.2, 0) is 14.6 Å². The Morgan fingerprint density at radius 3 is 1.85 bits per heavy atom. The summed E-state index contributed by atoms with van der Waals surface area (Å²) in [6.07, 6.45) is 1.06. The van der Waals surface area contributed by atoms with Crippen molar-refractivity contribution in [2.45, 2.75) is 29.9 Å². The molecule has 4 aromatic carbocycles. The molecule has 1 aliphatic rings. The Kier molecular flexibility index (Phi) is 7.34. The van der Waals surface area contributed by atoms with Gasteiger partial charge < -0.3 is 10.0 Å². The van der Waals surface area contributed by atoms with Gasteiger partial charge in [-0.05, 0) is 83.6 Å². The maximum atomic E-state index is 13.6. The van der Waals surface area contributed by atoms with Gasteiger partial charge >= 0.3 is 0 Å². The predicted octanol–water partition coefficient (Wildman–Crippen LogP) is 6.25. The first-order chi connectivity index (χ1) is 18.6. The van der Waals surface area contributed by atoms with Crippen molar-refractivity contribution >= 4 is 21.4 Å². The summed E-state index contributed by atoms with van der Waals surface area (Å²) in [7, 11) is -3.29. The highest BCUT2D eigenvalue weighted by atomic mass is 32.2. The standard InChI is InChI=1S/C31H27F2NO4S/c1-39(37,38)27-16-8-21(9-17-27)20-2-4-23(5-3-20)30-28(18-19-29(35)22-6-10-24(32)11-7-22)31(36)34(30)26-14-12-25(33)13-15-26/h2-17,28-30,35H,18-19H2,1H3/t28?,29-,30?/m0/s1. The number of sulfone groups is 1. The molecule has 1 aliphatic heterocycles. The minimum Gasteiger partial charge on any atom is -0.388 e. The second kappa shape index (κ2) is 10.7. The summed E-state index contributed by atoms with van der Waals surface area (Å²) < 4.78 is 50.4. The Morgan fingerprint density at radius 2 is 1.31 bits per heavy atom. The average Bonchev–Trinajstić information content (AvgIpc) is 2.93. The van der Waals surface area contributed by atoms with Crippen molar-refractivity contribution in [2.24, 2.45) is 5.92 Å². The minimum absolute atomic E-state index is 0.113. The Balaban J connectivity index is 1.39. The molecule has 5 nitrogen and oxygen atoms in total. The summed E-state index contributed by atoms with van der Waals surface area (Å²) in [5.74, 6) is -1.29. The van der Waals surface area contributed by atoms with E-state index in [0.29, 0.717) is 24.1 Å². The lowest BCUT2D eigenvalue weighted by Crippen LogP contribution is -2.55. The van der Waals surface area contributed by atoms with Crippen LogP contribution in [0.1, 0.15) is 36.1 Å². The Morgan fingerprint density at radius 1 is 0.795 bits per heavy atom. The minimum atomic E-state index is -3.29. The lowest BCUT2D eigenvalue weighted by Gasteiger charge is -2.48. The molecule has 1 saturated heterocycles. The topological polar surface area (TPSA) is 74.7 Å². The van der Waals surface area contributed by atoms with E-state index in [4.69, 9.17) is 0 Å². The smallest absolute Gasteiger partial charge is 0.233 e. The fourth-order valence-electron chi connectivity index (χ4n) is 5.06. The first kappa shape index (κ1) is 26.7. The second-order valence-electron chi connectivity index (χ2n) is 9.80. The number of hydrogen-bond donors (Lipinski definition) is 1. The zero-order valence-electron chi connectivity index (χ0n) is 21.2. The van der Waals surface area contributed by atoms with Crippen LogP contribution in [0.5, 0.6) is 0 Å². The molecule has 0 saturated carbocycles. The third kappa shape index (κ3) is 5.62. The van der Waals surface area contributed by atoms with E-state index in [1.807, 2.05) is 24.3 Å². The number of anilines is 1. The van der Waals surface area contributed by atoms with Crippen LogP contribution in [0.25, 0.3) is 11.1 Å². The quantitative estimate of drug-likeness (QED) is 0.265. The van der Waals surface area contributed by atoms with Gasteiger partial charge in [-0.1, -0.05) is 48.5 Å². The summed E-state index contributed by atoms with van der Waals surface area (Å²) in [6, 6.07) is 25.4. The van der Waals surface area contributed by atoms with Crippen molar-refractivity contribution < 1.29 is 27.1 Å². The molecule has 0 bridgehead atoms. The first-order valence-electron chi connectivity index (χ1n) is 12.5. The molecule has 0 aliphatic carbocycles. The number of hydrogen-bond acceptors (Lipinski definition) is 4. The van der Waals surface area contributed by atoms with Gasteiger partial charge in [0.2, 0.25) is 5.91 Å². The fourth-order valence-corrected chi connectivity index (χ4v) is 5.69. The molecule has 4 aromatic rings. The highest BCUT2D eigenvalue weighted by Crippen LogP contribution is 2.46. The number of amides is 1. The molecule has 8 heteroatoms. The highest BCUT2D eigenvalue weighted by Gasteiger charge is 2.48. The van der Waals surface area contributed by atoms with E-state index in [9.17, 15) is 27.1 Å². The van der Waals surface area contributed by atoms with E-state index in [1.54, 1.807) is 41.3 Å². The normalized spacial score (nSPS) is 18.1. The number of benzene rings is 4. The number of carbonyl (C=O) groups excluding carboxylic acids is 1. The van der Waals surface area contributed by atoms with Crippen LogP contribution in [0.2, 0.25) is 0 Å². The zero-order valence-corrected chi connectivity index (χ0v) is 22.0. The molecule has 0 spiro atoms. The van der Waals surface area contributed by atoms with Crippen LogP contribution >= 0.6 is 0 Å². The number of aliphatic hydroxyl groups is 1. The van der Waals surface area contributed by atoms with Gasteiger partial charge in [-0.2, -0.15) is 0 Å². The molecule has 3 atom stereocenters. The maximum absolute atomic E-state index is 13.6. The van der Waals surface area contributed by atoms with Crippen molar-refractivity contribution in [1.29, 1.82) is 0 Å². The van der Waals surface area contributed by atoms with Gasteiger partial charge in [-0.15, -0.1) is 0 Å². The van der Waals surface area contributed by atoms with E-state index in [-0.39, 0.29) is 22.7 Å². The van der Waals surface area contributed by atoms with E-state index in [0.717, 1.165) is 16.7 Å². The molecule has 1 heterocycles. The Bertz CT molecular complexity index is 1570. The predicted molar refractivity (Wildman–Crippen MR) is 146 cm³/mol. The number of β-lactam (4-membered cyclic amide) rings is 1. The van der Waals surface area contributed by atoms with Gasteiger partial charge in [0.15, 0.2) is 9.84 Å². The van der Waals surface area contributed by atoms with Crippen LogP contribution in [0.15, 0.2) is 102 Å². The van der Waals surface area contributed by atoms with E-state index >= 15 is 0 Å². The van der Waals surface area contributed by atoms with E-state index in [2.05, 4.69) is 0 Å². The number of aliphatic hydroxyl groups excluding tert-OH is 1. The van der Waals surface area contributed by atoms with Gasteiger partial charge in [0.05, 0.1) is 23.0 Å². The van der Waals surface area contributed by atoms with Gasteiger partial charge in [0.25, 0.3) is 0 Å². The molecule has 2 unspecified atom stereocenters. The number of halogens is 2. The van der Waals surface area contributed by atoms with Gasteiger partial charge in [0.1, 0.15) is 11.6 Å². The molecule has 0 radical (unpaired) electrons. The maximum Gasteiger partial charge on any atom is 0.233 e. The third-order valence-corrected chi connectivity index (χ3v) is 8.32. The molecular formula is C31H27F2NO4S. The van der Waals surface area contributed by atoms with Crippen LogP contribution in [0.4, 0.5) is 14.5 Å². The number of nitrogens with zero attached hydrogens (tertiary/aromatic N) is 1. The molecular weight excluding hydrogens is 520 g/mol. The van der Waals surface area contributed by atoms with Crippen LogP contribution in [0, 0.1) is 17.6 Å². The highest BCUT2D eigenvalue weighted by molar-refractivity contribution is 7.90. The number of carbonyl (C=O) groups is 1. The SMILES string of the molecule is CS(=O)(=O)c1ccc(-c2ccc(C3C(CC[C@H](O)c4ccc(F)cc4)C(=O)N3c3ccc(F)cc3)cc2)cc1. The largest absolute Gasteiger partial charge is 0.388 e. The van der Waals surface area contributed by atoms with Gasteiger partial charge in [-0.25, -0.2) is 17.2 Å². The Labute approximate surface area is 226 Å². The van der Waals surface area contributed by atoms with Crippen molar-refractivity contribution in [3.63, 3.8) is 0 Å². The molecule has 1 fully saturated rings. The van der Waals surface area contributed by atoms with Crippen molar-refractivity contribution in [3.8, 4) is 11.1 Å². The van der Waals surface area contributed by atoms with Crippen molar-refractivity contribution in [1.82, 2.24) is 0 Å². The Hall–Kier alpha value is -3.88. The number of rotatable bonds is 8. The summed E-state index contributed by atoms with van der Waals surface area (Å²) in [5, 5.41) is 10.6. The third-order valence-electron chi connectivity index (χ3n) is 7.19. The van der Waals surface area contributed by atoms with Crippen LogP contribution < -0.4 is 4.90 Å². The van der Waals surface area contributed by atoms with Gasteiger partial charge in [-0.3, -0.25) is 4.79 Å².